The van der Waals surface area contributed by atoms with Crippen LogP contribution in [0.4, 0.5) is 0 Å². The largest absolute Gasteiger partial charge is 0.461 e. The smallest absolute Gasteiger partial charge is 0.360 e. The third kappa shape index (κ3) is 2.93. The van der Waals surface area contributed by atoms with E-state index in [1.807, 2.05) is 0 Å². The van der Waals surface area contributed by atoms with E-state index in [1.165, 1.54) is 6.07 Å². The lowest BCUT2D eigenvalue weighted by molar-refractivity contribution is 0.0514. The molecule has 1 rings (SSSR count). The minimum absolute atomic E-state index is 0.00676. The van der Waals surface area contributed by atoms with Gasteiger partial charge < -0.3 is 13.8 Å². The lowest BCUT2D eigenvalue weighted by atomic mass is 10.4. The van der Waals surface area contributed by atoms with Gasteiger partial charge in [0, 0.05) is 6.07 Å². The maximum Gasteiger partial charge on any atom is 0.360 e. The van der Waals surface area contributed by atoms with Crippen LogP contribution in [0.2, 0.25) is 0 Å². The molecule has 1 aromatic rings. The predicted octanol–water partition coefficient (Wildman–Crippen LogP) is 0.573. The predicted molar refractivity (Wildman–Crippen MR) is 46.9 cm³/mol. The Kier molecular flexibility index (Phi) is 3.78. The first-order valence-electron chi connectivity index (χ1n) is 3.83. The number of nitrogens with zero attached hydrogens (tertiary/aromatic N) is 1. The fraction of sp³-hybridized carbons (Fsp3) is 0.429. The van der Waals surface area contributed by atoms with E-state index in [4.69, 9.17) is 4.55 Å². The first-order chi connectivity index (χ1) is 6.63. The summed E-state index contributed by atoms with van der Waals surface area (Å²) in [6.45, 7) is 1.91. The van der Waals surface area contributed by atoms with E-state index in [9.17, 15) is 9.00 Å². The highest BCUT2D eigenvalue weighted by molar-refractivity contribution is 7.78. The zero-order chi connectivity index (χ0) is 10.6. The summed E-state index contributed by atoms with van der Waals surface area (Å²) in [7, 11) is 0. The third-order valence-electron chi connectivity index (χ3n) is 1.31. The van der Waals surface area contributed by atoms with Gasteiger partial charge in [-0.25, -0.2) is 9.00 Å². The molecule has 0 fully saturated rings. The topological polar surface area (TPSA) is 89.6 Å². The van der Waals surface area contributed by atoms with Crippen LogP contribution < -0.4 is 0 Å². The normalized spacial score (nSPS) is 12.4. The van der Waals surface area contributed by atoms with Crippen molar-refractivity contribution >= 4 is 17.0 Å². The van der Waals surface area contributed by atoms with Gasteiger partial charge in [-0.1, -0.05) is 5.16 Å². The lowest BCUT2D eigenvalue weighted by Gasteiger charge is -1.94. The van der Waals surface area contributed by atoms with Crippen LogP contribution in [-0.2, 0) is 21.6 Å². The van der Waals surface area contributed by atoms with Crippen molar-refractivity contribution in [2.75, 3.05) is 6.61 Å². The number of carbonyl (C=O) groups excluding carboxylic acids is 1. The van der Waals surface area contributed by atoms with Gasteiger partial charge in [-0.15, -0.1) is 0 Å². The number of aromatic nitrogens is 1. The molecular weight excluding hydrogens is 210 g/mol. The fourth-order valence-electron chi connectivity index (χ4n) is 0.804. The van der Waals surface area contributed by atoms with Gasteiger partial charge in [0.05, 0.1) is 6.61 Å². The van der Waals surface area contributed by atoms with E-state index in [0.29, 0.717) is 0 Å². The van der Waals surface area contributed by atoms with Crippen LogP contribution in [0.1, 0.15) is 23.2 Å². The second-order valence-corrected chi connectivity index (χ2v) is 3.30. The molecule has 78 valence electrons. The molecule has 0 saturated heterocycles. The number of esters is 1. The highest BCUT2D eigenvalue weighted by Crippen LogP contribution is 2.06. The molecule has 1 heterocycles. The number of ether oxygens (including phenoxy) is 1. The van der Waals surface area contributed by atoms with Crippen LogP contribution >= 0.6 is 0 Å². The van der Waals surface area contributed by atoms with E-state index in [1.54, 1.807) is 6.92 Å². The molecule has 0 aliphatic carbocycles. The molecule has 6 nitrogen and oxygen atoms in total. The average Bonchev–Trinajstić information content (AvgIpc) is 2.52. The number of rotatable bonds is 4. The Bertz CT molecular complexity index is 348. The molecule has 0 aliphatic heterocycles. The summed E-state index contributed by atoms with van der Waals surface area (Å²) in [5.41, 5.74) is 0.00676. The van der Waals surface area contributed by atoms with Crippen molar-refractivity contribution < 1.29 is 22.8 Å². The summed E-state index contributed by atoms with van der Waals surface area (Å²) in [6, 6.07) is 1.28. The van der Waals surface area contributed by atoms with Crippen molar-refractivity contribution in [1.82, 2.24) is 5.16 Å². The van der Waals surface area contributed by atoms with E-state index in [0.717, 1.165) is 0 Å². The Morgan fingerprint density at radius 1 is 1.79 bits per heavy atom. The lowest BCUT2D eigenvalue weighted by Crippen LogP contribution is -2.04. The second-order valence-electron chi connectivity index (χ2n) is 2.36. The molecule has 1 aromatic heterocycles. The molecule has 1 unspecified atom stereocenters. The van der Waals surface area contributed by atoms with Gasteiger partial charge in [-0.3, -0.25) is 0 Å². The summed E-state index contributed by atoms with van der Waals surface area (Å²) in [5.74, 6) is -0.619. The molecule has 0 amide bonds. The molecule has 0 aromatic carbocycles. The van der Waals surface area contributed by atoms with Gasteiger partial charge in [0.25, 0.3) is 0 Å². The molecule has 14 heavy (non-hydrogen) atoms. The third-order valence-corrected chi connectivity index (χ3v) is 1.84. The first-order valence-corrected chi connectivity index (χ1v) is 5.11. The SMILES string of the molecule is CCOC(=O)c1cc(CS(=O)O)on1. The zero-order valence-corrected chi connectivity index (χ0v) is 8.24. The standard InChI is InChI=1S/C7H9NO5S/c1-2-12-7(9)6-3-5(13-8-6)4-14(10)11/h3H,2,4H2,1H3,(H,10,11). The molecule has 1 N–H and O–H groups in total. The minimum Gasteiger partial charge on any atom is -0.461 e. The molecule has 0 bridgehead atoms. The molecule has 0 aliphatic rings. The van der Waals surface area contributed by atoms with Gasteiger partial charge in [-0.05, 0) is 6.92 Å². The quantitative estimate of drug-likeness (QED) is 0.588. The van der Waals surface area contributed by atoms with Gasteiger partial charge in [0.1, 0.15) is 5.75 Å². The Morgan fingerprint density at radius 3 is 3.07 bits per heavy atom. The van der Waals surface area contributed by atoms with E-state index >= 15 is 0 Å². The number of carbonyl (C=O) groups is 1. The van der Waals surface area contributed by atoms with Crippen LogP contribution in [0.25, 0.3) is 0 Å². The number of hydrogen-bond acceptors (Lipinski definition) is 5. The maximum atomic E-state index is 11.1. The number of hydrogen-bond donors (Lipinski definition) is 1. The van der Waals surface area contributed by atoms with Gasteiger partial charge in [0.2, 0.25) is 0 Å². The molecule has 0 radical (unpaired) electrons. The molecule has 1 atom stereocenters. The van der Waals surface area contributed by atoms with Crippen molar-refractivity contribution in [3.05, 3.63) is 17.5 Å². The van der Waals surface area contributed by atoms with Crippen molar-refractivity contribution in [1.29, 1.82) is 0 Å². The van der Waals surface area contributed by atoms with E-state index in [2.05, 4.69) is 14.4 Å². The average molecular weight is 219 g/mol. The van der Waals surface area contributed by atoms with Gasteiger partial charge in [-0.2, -0.15) is 0 Å². The van der Waals surface area contributed by atoms with Gasteiger partial charge >= 0.3 is 5.97 Å². The second kappa shape index (κ2) is 4.87. The van der Waals surface area contributed by atoms with Crippen LogP contribution in [0, 0.1) is 0 Å². The Morgan fingerprint density at radius 2 is 2.50 bits per heavy atom. The zero-order valence-electron chi connectivity index (χ0n) is 7.43. The Balaban J connectivity index is 2.67. The van der Waals surface area contributed by atoms with E-state index in [-0.39, 0.29) is 23.8 Å². The highest BCUT2D eigenvalue weighted by atomic mass is 32.2. The minimum atomic E-state index is -2.01. The Hall–Kier alpha value is -1.21. The summed E-state index contributed by atoms with van der Waals surface area (Å²) >= 11 is -2.01. The van der Waals surface area contributed by atoms with Crippen LogP contribution in [0.3, 0.4) is 0 Å². The van der Waals surface area contributed by atoms with Crippen LogP contribution in [0.15, 0.2) is 10.6 Å². The fourth-order valence-corrected chi connectivity index (χ4v) is 1.18. The summed E-state index contributed by atoms with van der Waals surface area (Å²) < 4.78 is 28.2. The monoisotopic (exact) mass is 219 g/mol. The highest BCUT2D eigenvalue weighted by Gasteiger charge is 2.14. The summed E-state index contributed by atoms with van der Waals surface area (Å²) in [5, 5.41) is 3.39. The summed E-state index contributed by atoms with van der Waals surface area (Å²) in [4.78, 5) is 11.1. The molecule has 7 heteroatoms. The molecule has 0 spiro atoms. The van der Waals surface area contributed by atoms with Crippen LogP contribution in [0.5, 0.6) is 0 Å². The van der Waals surface area contributed by atoms with E-state index < -0.39 is 17.0 Å². The first kappa shape index (κ1) is 10.9. The van der Waals surface area contributed by atoms with Crippen molar-refractivity contribution in [2.24, 2.45) is 0 Å². The Labute approximate surface area is 82.5 Å². The maximum absolute atomic E-state index is 11.1. The molecule has 0 saturated carbocycles. The molecular formula is C7H9NO5S. The summed E-state index contributed by atoms with van der Waals surface area (Å²) in [6.07, 6.45) is 0. The van der Waals surface area contributed by atoms with Crippen molar-refractivity contribution in [3.63, 3.8) is 0 Å². The van der Waals surface area contributed by atoms with Gasteiger partial charge in [0.15, 0.2) is 22.5 Å². The van der Waals surface area contributed by atoms with Crippen LogP contribution in [-0.4, -0.2) is 26.5 Å². The van der Waals surface area contributed by atoms with Crippen molar-refractivity contribution in [2.45, 2.75) is 12.7 Å². The van der Waals surface area contributed by atoms with Crippen molar-refractivity contribution in [3.8, 4) is 0 Å².